The van der Waals surface area contributed by atoms with Gasteiger partial charge in [-0.2, -0.15) is 0 Å². The highest BCUT2D eigenvalue weighted by atomic mass is 35.5. The Balaban J connectivity index is 2.24. The van der Waals surface area contributed by atoms with E-state index in [2.05, 4.69) is 21.6 Å². The van der Waals surface area contributed by atoms with Crippen LogP contribution in [0.2, 0.25) is 5.15 Å². The third kappa shape index (κ3) is 2.05. The van der Waals surface area contributed by atoms with Crippen LogP contribution < -0.4 is 5.32 Å². The van der Waals surface area contributed by atoms with Gasteiger partial charge < -0.3 is 5.32 Å². The molecule has 1 N–H and O–H groups in total. The second kappa shape index (κ2) is 3.85. The first-order chi connectivity index (χ1) is 6.36. The number of nitrogens with zero attached hydrogens (tertiary/aromatic N) is 2. The van der Waals surface area contributed by atoms with E-state index in [0.29, 0.717) is 5.15 Å². The average molecular weight is 196 g/mol. The zero-order valence-electron chi connectivity index (χ0n) is 7.13. The Labute approximate surface area is 81.8 Å². The summed E-state index contributed by atoms with van der Waals surface area (Å²) >= 11 is 5.65. The number of rotatable bonds is 1. The normalized spacial score (nSPS) is 16.8. The quantitative estimate of drug-likeness (QED) is 0.738. The summed E-state index contributed by atoms with van der Waals surface area (Å²) in [6.07, 6.45) is 3.15. The van der Waals surface area contributed by atoms with E-state index in [0.717, 1.165) is 25.2 Å². The van der Waals surface area contributed by atoms with Crippen LogP contribution in [0.15, 0.2) is 18.2 Å². The summed E-state index contributed by atoms with van der Waals surface area (Å²) < 4.78 is 0. The molecule has 0 atom stereocenters. The van der Waals surface area contributed by atoms with E-state index in [1.165, 1.54) is 5.57 Å². The minimum atomic E-state index is 0.443. The lowest BCUT2D eigenvalue weighted by Gasteiger charge is -2.12. The second-order valence-corrected chi connectivity index (χ2v) is 3.31. The van der Waals surface area contributed by atoms with Crippen molar-refractivity contribution in [2.24, 2.45) is 0 Å². The first kappa shape index (κ1) is 8.66. The summed E-state index contributed by atoms with van der Waals surface area (Å²) in [6.45, 7) is 1.93. The zero-order chi connectivity index (χ0) is 9.10. The van der Waals surface area contributed by atoms with Crippen molar-refractivity contribution in [3.05, 3.63) is 29.1 Å². The van der Waals surface area contributed by atoms with E-state index in [4.69, 9.17) is 11.6 Å². The molecule has 0 radical (unpaired) electrons. The highest BCUT2D eigenvalue weighted by Crippen LogP contribution is 2.17. The molecule has 13 heavy (non-hydrogen) atoms. The third-order valence-electron chi connectivity index (χ3n) is 2.02. The predicted molar refractivity (Wildman–Crippen MR) is 52.5 cm³/mol. The first-order valence-corrected chi connectivity index (χ1v) is 4.63. The third-order valence-corrected chi connectivity index (χ3v) is 2.23. The fourth-order valence-electron chi connectivity index (χ4n) is 1.34. The van der Waals surface area contributed by atoms with Crippen LogP contribution >= 0.6 is 11.6 Å². The van der Waals surface area contributed by atoms with Gasteiger partial charge in [0.1, 0.15) is 0 Å². The van der Waals surface area contributed by atoms with Crippen LogP contribution in [0.1, 0.15) is 12.1 Å². The molecule has 0 aliphatic carbocycles. The first-order valence-electron chi connectivity index (χ1n) is 4.25. The molecule has 3 nitrogen and oxygen atoms in total. The van der Waals surface area contributed by atoms with Gasteiger partial charge in [-0.05, 0) is 30.7 Å². The number of nitrogens with one attached hydrogen (secondary N) is 1. The van der Waals surface area contributed by atoms with Crippen LogP contribution in [-0.4, -0.2) is 23.3 Å². The minimum absolute atomic E-state index is 0.443. The monoisotopic (exact) mass is 195 g/mol. The fourth-order valence-corrected chi connectivity index (χ4v) is 1.44. The standard InChI is InChI=1S/C9H10ClN3/c10-9-2-1-8(12-13-9)7-3-5-11-6-4-7/h1-3,11H,4-6H2. The molecule has 0 saturated carbocycles. The van der Waals surface area contributed by atoms with Gasteiger partial charge >= 0.3 is 0 Å². The van der Waals surface area contributed by atoms with Crippen LogP contribution in [-0.2, 0) is 0 Å². The van der Waals surface area contributed by atoms with E-state index < -0.39 is 0 Å². The van der Waals surface area contributed by atoms with Crippen LogP contribution in [0.4, 0.5) is 0 Å². The van der Waals surface area contributed by atoms with E-state index >= 15 is 0 Å². The SMILES string of the molecule is Clc1ccc(C2=CCNCC2)nn1. The van der Waals surface area contributed by atoms with Crippen molar-refractivity contribution >= 4 is 17.2 Å². The van der Waals surface area contributed by atoms with Crippen LogP contribution in [0.3, 0.4) is 0 Å². The van der Waals surface area contributed by atoms with Crippen molar-refractivity contribution < 1.29 is 0 Å². The van der Waals surface area contributed by atoms with E-state index in [9.17, 15) is 0 Å². The molecular formula is C9H10ClN3. The van der Waals surface area contributed by atoms with Gasteiger partial charge in [0, 0.05) is 6.54 Å². The number of halogens is 1. The van der Waals surface area contributed by atoms with Gasteiger partial charge in [0.05, 0.1) is 5.69 Å². The molecule has 68 valence electrons. The largest absolute Gasteiger partial charge is 0.313 e. The zero-order valence-corrected chi connectivity index (χ0v) is 7.88. The highest BCUT2D eigenvalue weighted by Gasteiger charge is 2.06. The summed E-state index contributed by atoms with van der Waals surface area (Å²) in [5.41, 5.74) is 2.19. The summed E-state index contributed by atoms with van der Waals surface area (Å²) in [7, 11) is 0. The Morgan fingerprint density at radius 1 is 1.31 bits per heavy atom. The molecule has 1 aliphatic heterocycles. The minimum Gasteiger partial charge on any atom is -0.313 e. The van der Waals surface area contributed by atoms with Crippen LogP contribution in [0.25, 0.3) is 5.57 Å². The summed E-state index contributed by atoms with van der Waals surface area (Å²) in [4.78, 5) is 0. The fraction of sp³-hybridized carbons (Fsp3) is 0.333. The van der Waals surface area contributed by atoms with Crippen molar-refractivity contribution in [3.8, 4) is 0 Å². The maximum absolute atomic E-state index is 5.65. The lowest BCUT2D eigenvalue weighted by atomic mass is 10.1. The van der Waals surface area contributed by atoms with E-state index in [1.54, 1.807) is 6.07 Å². The van der Waals surface area contributed by atoms with Gasteiger partial charge in [-0.1, -0.05) is 17.7 Å². The van der Waals surface area contributed by atoms with E-state index in [-0.39, 0.29) is 0 Å². The lowest BCUT2D eigenvalue weighted by Crippen LogP contribution is -2.20. The second-order valence-electron chi connectivity index (χ2n) is 2.92. The molecule has 2 heterocycles. The molecule has 0 unspecified atom stereocenters. The molecule has 0 bridgehead atoms. The summed E-state index contributed by atoms with van der Waals surface area (Å²) in [5, 5.41) is 11.5. The Kier molecular flexibility index (Phi) is 2.57. The number of aromatic nitrogens is 2. The van der Waals surface area contributed by atoms with Crippen molar-refractivity contribution in [1.29, 1.82) is 0 Å². The molecule has 1 aromatic heterocycles. The molecule has 0 saturated heterocycles. The van der Waals surface area contributed by atoms with E-state index in [1.807, 2.05) is 6.07 Å². The maximum Gasteiger partial charge on any atom is 0.151 e. The topological polar surface area (TPSA) is 37.8 Å². The van der Waals surface area contributed by atoms with Crippen molar-refractivity contribution in [1.82, 2.24) is 15.5 Å². The van der Waals surface area contributed by atoms with Crippen molar-refractivity contribution in [2.45, 2.75) is 6.42 Å². The molecule has 0 fully saturated rings. The van der Waals surface area contributed by atoms with Crippen LogP contribution in [0, 0.1) is 0 Å². The van der Waals surface area contributed by atoms with Gasteiger partial charge in [-0.15, -0.1) is 10.2 Å². The van der Waals surface area contributed by atoms with Crippen molar-refractivity contribution in [2.75, 3.05) is 13.1 Å². The van der Waals surface area contributed by atoms with Gasteiger partial charge in [0.2, 0.25) is 0 Å². The number of hydrogen-bond donors (Lipinski definition) is 1. The van der Waals surface area contributed by atoms with Crippen molar-refractivity contribution in [3.63, 3.8) is 0 Å². The Hall–Kier alpha value is -0.930. The van der Waals surface area contributed by atoms with Gasteiger partial charge in [-0.3, -0.25) is 0 Å². The average Bonchev–Trinajstić information content (AvgIpc) is 2.20. The molecule has 2 rings (SSSR count). The lowest BCUT2D eigenvalue weighted by molar-refractivity contribution is 0.735. The molecule has 1 aromatic rings. The van der Waals surface area contributed by atoms with Gasteiger partial charge in [0.25, 0.3) is 0 Å². The molecule has 0 spiro atoms. The summed E-state index contributed by atoms with van der Waals surface area (Å²) in [6, 6.07) is 3.68. The molecular weight excluding hydrogens is 186 g/mol. The van der Waals surface area contributed by atoms with Gasteiger partial charge in [-0.25, -0.2) is 0 Å². The molecule has 1 aliphatic rings. The predicted octanol–water partition coefficient (Wildman–Crippen LogP) is 1.51. The van der Waals surface area contributed by atoms with Crippen LogP contribution in [0.5, 0.6) is 0 Å². The number of hydrogen-bond acceptors (Lipinski definition) is 3. The molecule has 0 amide bonds. The van der Waals surface area contributed by atoms with Gasteiger partial charge in [0.15, 0.2) is 5.15 Å². The summed E-state index contributed by atoms with van der Waals surface area (Å²) in [5.74, 6) is 0. The highest BCUT2D eigenvalue weighted by molar-refractivity contribution is 6.29. The molecule has 0 aromatic carbocycles. The Morgan fingerprint density at radius 3 is 2.85 bits per heavy atom. The Morgan fingerprint density at radius 2 is 2.23 bits per heavy atom. The smallest absolute Gasteiger partial charge is 0.151 e. The maximum atomic E-state index is 5.65. The Bertz CT molecular complexity index is 318. The molecule has 4 heteroatoms.